The molecule has 102 valence electrons. The van der Waals surface area contributed by atoms with Crippen molar-refractivity contribution in [1.29, 1.82) is 0 Å². The van der Waals surface area contributed by atoms with Crippen LogP contribution in [0.4, 0.5) is 0 Å². The molecule has 3 rings (SSSR count). The highest BCUT2D eigenvalue weighted by molar-refractivity contribution is 7.91. The molecule has 3 nitrogen and oxygen atoms in total. The Bertz CT molecular complexity index is 900. The van der Waals surface area contributed by atoms with Gasteiger partial charge in [0.15, 0.2) is 0 Å². The molecule has 1 N–H and O–H groups in total. The molecule has 1 heterocycles. The third kappa shape index (κ3) is 2.10. The Morgan fingerprint density at radius 2 is 1.70 bits per heavy atom. The lowest BCUT2D eigenvalue weighted by Crippen LogP contribution is -2.01. The van der Waals surface area contributed by atoms with Crippen molar-refractivity contribution in [2.75, 3.05) is 0 Å². The number of sulfone groups is 1. The van der Waals surface area contributed by atoms with Crippen LogP contribution in [0.5, 0.6) is 0 Å². The van der Waals surface area contributed by atoms with Crippen molar-refractivity contribution in [2.24, 2.45) is 0 Å². The number of hydrogen-bond acceptors (Lipinski definition) is 2. The van der Waals surface area contributed by atoms with E-state index in [4.69, 9.17) is 23.2 Å². The van der Waals surface area contributed by atoms with E-state index in [1.807, 2.05) is 12.1 Å². The first-order valence-corrected chi connectivity index (χ1v) is 8.00. The summed E-state index contributed by atoms with van der Waals surface area (Å²) in [7, 11) is -3.64. The topological polar surface area (TPSA) is 49.9 Å². The van der Waals surface area contributed by atoms with Crippen molar-refractivity contribution < 1.29 is 8.42 Å². The molecule has 20 heavy (non-hydrogen) atoms. The van der Waals surface area contributed by atoms with Crippen molar-refractivity contribution in [3.63, 3.8) is 0 Å². The van der Waals surface area contributed by atoms with Crippen molar-refractivity contribution in [3.05, 3.63) is 58.7 Å². The summed E-state index contributed by atoms with van der Waals surface area (Å²) in [5, 5.41) is 1.19. The first kappa shape index (κ1) is 13.5. The van der Waals surface area contributed by atoms with Crippen LogP contribution < -0.4 is 0 Å². The third-order valence-corrected chi connectivity index (χ3v) is 5.57. The van der Waals surface area contributed by atoms with Crippen LogP contribution in [0.1, 0.15) is 0 Å². The molecule has 2 aromatic carbocycles. The normalized spacial score (nSPS) is 11.9. The fourth-order valence-corrected chi connectivity index (χ4v) is 3.86. The van der Waals surface area contributed by atoms with Gasteiger partial charge in [-0.15, -0.1) is 0 Å². The van der Waals surface area contributed by atoms with Gasteiger partial charge < -0.3 is 4.98 Å². The Hall–Kier alpha value is -1.49. The molecule has 0 aliphatic heterocycles. The second-order valence-electron chi connectivity index (χ2n) is 4.28. The monoisotopic (exact) mass is 325 g/mol. The quantitative estimate of drug-likeness (QED) is 0.763. The predicted octanol–water partition coefficient (Wildman–Crippen LogP) is 4.31. The lowest BCUT2D eigenvalue weighted by atomic mass is 10.2. The van der Waals surface area contributed by atoms with Gasteiger partial charge in [-0.05, 0) is 24.3 Å². The Balaban J connectivity index is 2.23. The summed E-state index contributed by atoms with van der Waals surface area (Å²) in [6.45, 7) is 0. The summed E-state index contributed by atoms with van der Waals surface area (Å²) in [6.07, 6.45) is 1.49. The maximum Gasteiger partial charge on any atom is 0.208 e. The van der Waals surface area contributed by atoms with Crippen LogP contribution in [-0.2, 0) is 9.84 Å². The van der Waals surface area contributed by atoms with Gasteiger partial charge in [0.1, 0.15) is 0 Å². The number of aromatic nitrogens is 1. The molecule has 0 aliphatic carbocycles. The smallest absolute Gasteiger partial charge is 0.208 e. The largest absolute Gasteiger partial charge is 0.360 e. The molecule has 0 amide bonds. The number of halogens is 2. The van der Waals surface area contributed by atoms with E-state index < -0.39 is 9.84 Å². The molecule has 0 fully saturated rings. The summed E-state index contributed by atoms with van der Waals surface area (Å²) in [5.41, 5.74) is 0.770. The lowest BCUT2D eigenvalue weighted by Gasteiger charge is -2.04. The summed E-state index contributed by atoms with van der Waals surface area (Å²) < 4.78 is 25.3. The Morgan fingerprint density at radius 1 is 0.950 bits per heavy atom. The van der Waals surface area contributed by atoms with Gasteiger partial charge in [-0.3, -0.25) is 0 Å². The summed E-state index contributed by atoms with van der Waals surface area (Å²) >= 11 is 11.7. The van der Waals surface area contributed by atoms with Gasteiger partial charge in [-0.25, -0.2) is 8.42 Å². The molecule has 0 saturated carbocycles. The van der Waals surface area contributed by atoms with E-state index in [9.17, 15) is 8.42 Å². The van der Waals surface area contributed by atoms with Crippen molar-refractivity contribution >= 4 is 43.9 Å². The van der Waals surface area contributed by atoms with Crippen LogP contribution >= 0.6 is 23.2 Å². The van der Waals surface area contributed by atoms with Crippen LogP contribution in [0.15, 0.2) is 58.5 Å². The molecular weight excluding hydrogens is 317 g/mol. The second-order valence-corrected chi connectivity index (χ2v) is 7.01. The molecule has 0 aliphatic rings. The molecule has 6 heteroatoms. The molecule has 0 spiro atoms. The number of nitrogens with one attached hydrogen (secondary N) is 1. The van der Waals surface area contributed by atoms with Gasteiger partial charge in [0.25, 0.3) is 0 Å². The zero-order valence-electron chi connectivity index (χ0n) is 10.1. The van der Waals surface area contributed by atoms with Gasteiger partial charge in [-0.1, -0.05) is 41.4 Å². The van der Waals surface area contributed by atoms with E-state index in [1.165, 1.54) is 24.4 Å². The number of aromatic amines is 1. The van der Waals surface area contributed by atoms with E-state index in [-0.39, 0.29) is 14.8 Å². The van der Waals surface area contributed by atoms with Gasteiger partial charge in [0.2, 0.25) is 9.84 Å². The van der Waals surface area contributed by atoms with Crippen molar-refractivity contribution in [2.45, 2.75) is 9.79 Å². The summed E-state index contributed by atoms with van der Waals surface area (Å²) in [4.78, 5) is 3.30. The second kappa shape index (κ2) is 4.81. The van der Waals surface area contributed by atoms with Crippen LogP contribution in [0.25, 0.3) is 10.9 Å². The average molecular weight is 326 g/mol. The molecule has 0 saturated heterocycles. The zero-order valence-corrected chi connectivity index (χ0v) is 12.4. The van der Waals surface area contributed by atoms with Crippen LogP contribution in [-0.4, -0.2) is 13.4 Å². The van der Waals surface area contributed by atoms with Crippen molar-refractivity contribution in [1.82, 2.24) is 4.98 Å². The maximum atomic E-state index is 12.7. The fraction of sp³-hybridized carbons (Fsp3) is 0. The van der Waals surface area contributed by atoms with Crippen LogP contribution in [0.3, 0.4) is 0 Å². The van der Waals surface area contributed by atoms with E-state index in [0.29, 0.717) is 10.4 Å². The maximum absolute atomic E-state index is 12.7. The highest BCUT2D eigenvalue weighted by atomic mass is 35.5. The lowest BCUT2D eigenvalue weighted by molar-refractivity contribution is 0.597. The minimum absolute atomic E-state index is 0.122. The Morgan fingerprint density at radius 3 is 2.45 bits per heavy atom. The van der Waals surface area contributed by atoms with Gasteiger partial charge in [0, 0.05) is 17.1 Å². The number of hydrogen-bond donors (Lipinski definition) is 1. The van der Waals surface area contributed by atoms with Gasteiger partial charge >= 0.3 is 0 Å². The number of benzene rings is 2. The Kier molecular flexibility index (Phi) is 3.24. The van der Waals surface area contributed by atoms with Crippen LogP contribution in [0.2, 0.25) is 10.0 Å². The minimum atomic E-state index is -3.64. The number of para-hydroxylation sites is 1. The third-order valence-electron chi connectivity index (χ3n) is 3.04. The zero-order chi connectivity index (χ0) is 14.3. The van der Waals surface area contributed by atoms with Gasteiger partial charge in [-0.2, -0.15) is 0 Å². The molecule has 0 atom stereocenters. The number of rotatable bonds is 2. The van der Waals surface area contributed by atoms with E-state index in [2.05, 4.69) is 4.98 Å². The molecular formula is C14H9Cl2NO2S. The molecule has 0 unspecified atom stereocenters. The highest BCUT2D eigenvalue weighted by Crippen LogP contribution is 2.31. The average Bonchev–Trinajstić information content (AvgIpc) is 2.86. The van der Waals surface area contributed by atoms with E-state index >= 15 is 0 Å². The van der Waals surface area contributed by atoms with E-state index in [0.717, 1.165) is 5.52 Å². The van der Waals surface area contributed by atoms with Crippen LogP contribution in [0, 0.1) is 0 Å². The van der Waals surface area contributed by atoms with Crippen molar-refractivity contribution in [3.8, 4) is 0 Å². The first-order valence-electron chi connectivity index (χ1n) is 5.76. The molecule has 0 radical (unpaired) electrons. The SMILES string of the molecule is O=S(=O)(c1ccc(Cl)c(Cl)c1)c1c[nH]c2ccccc12. The van der Waals surface area contributed by atoms with Gasteiger partial charge in [0.05, 0.1) is 19.8 Å². The standard InChI is InChI=1S/C14H9Cl2NO2S/c15-11-6-5-9(7-12(11)16)20(18,19)14-8-17-13-4-2-1-3-10(13)14/h1-8,17H. The molecule has 0 bridgehead atoms. The summed E-state index contributed by atoms with van der Waals surface area (Å²) in [5.74, 6) is 0. The highest BCUT2D eigenvalue weighted by Gasteiger charge is 2.22. The predicted molar refractivity (Wildman–Crippen MR) is 80.2 cm³/mol. The summed E-state index contributed by atoms with van der Waals surface area (Å²) in [6, 6.07) is 11.5. The Labute approximate surface area is 126 Å². The molecule has 1 aromatic heterocycles. The molecule has 3 aromatic rings. The minimum Gasteiger partial charge on any atom is -0.360 e. The number of H-pyrrole nitrogens is 1. The number of fused-ring (bicyclic) bond motifs is 1. The fourth-order valence-electron chi connectivity index (χ4n) is 2.04. The van der Waals surface area contributed by atoms with E-state index in [1.54, 1.807) is 12.1 Å². The first-order chi connectivity index (χ1) is 9.50.